The third kappa shape index (κ3) is 5.07. The number of aliphatic hydroxyl groups excluding tert-OH is 1. The molecule has 0 aliphatic carbocycles. The number of hydrogen-bond acceptors (Lipinski definition) is 6. The van der Waals surface area contributed by atoms with Crippen LogP contribution in [0.5, 0.6) is 11.5 Å². The molecule has 5 aromatic rings. The van der Waals surface area contributed by atoms with Crippen molar-refractivity contribution in [1.82, 2.24) is 9.97 Å². The number of fused-ring (bicyclic) bond motifs is 1. The number of carbonyl (C=O) groups is 2. The molecule has 1 aromatic heterocycles. The lowest BCUT2D eigenvalue weighted by molar-refractivity contribution is -0.132. The molecular weight excluding hydrogens is 556 g/mol. The molecule has 10 heteroatoms. The number of amides is 1. The fourth-order valence-electron chi connectivity index (χ4n) is 5.13. The topological polar surface area (TPSA) is 105 Å². The monoisotopic (exact) mass is 581 g/mol. The number of hydrogen-bond donors (Lipinski definition) is 2. The van der Waals surface area contributed by atoms with Gasteiger partial charge in [0.15, 0.2) is 11.6 Å². The average Bonchev–Trinajstić information content (AvgIpc) is 3.53. The second-order valence-electron chi connectivity index (χ2n) is 10.0. The summed E-state index contributed by atoms with van der Waals surface area (Å²) in [5.74, 6) is -3.61. The molecule has 1 fully saturated rings. The molecule has 0 saturated carbocycles. The standard InChI is InChI=1S/C33H25F2N3O5/c1-18-13-21(11-12-27(18)43-17-19-7-4-3-5-8-19)30(39)28-29(20-9-6-10-22(14-20)42-2)38(32(41)31(28)40)33-36-25-15-23(34)24(35)16-26(25)37-33/h3-16,29,39H,17H2,1-2H3,(H,36,37)/b30-28+. The number of anilines is 1. The number of nitrogens with one attached hydrogen (secondary N) is 1. The molecule has 1 aliphatic heterocycles. The SMILES string of the molecule is COc1cccc(C2/C(=C(\O)c3ccc(OCc4ccccc4)c(C)c3)C(=O)C(=O)N2c2nc3cc(F)c(F)cc3[nH]2)c1. The number of ketones is 1. The van der Waals surface area contributed by atoms with Gasteiger partial charge in [-0.25, -0.2) is 13.8 Å². The summed E-state index contributed by atoms with van der Waals surface area (Å²) >= 11 is 0. The number of benzene rings is 4. The lowest BCUT2D eigenvalue weighted by Crippen LogP contribution is -2.30. The highest BCUT2D eigenvalue weighted by Crippen LogP contribution is 2.43. The van der Waals surface area contributed by atoms with Crippen molar-refractivity contribution in [2.45, 2.75) is 19.6 Å². The van der Waals surface area contributed by atoms with E-state index in [0.717, 1.165) is 22.6 Å². The van der Waals surface area contributed by atoms with E-state index in [1.54, 1.807) is 42.5 Å². The summed E-state index contributed by atoms with van der Waals surface area (Å²) in [6, 6.07) is 22.0. The van der Waals surface area contributed by atoms with Crippen molar-refractivity contribution < 1.29 is 33.0 Å². The Balaban J connectivity index is 1.44. The minimum Gasteiger partial charge on any atom is -0.507 e. The van der Waals surface area contributed by atoms with Crippen LogP contribution in [0, 0.1) is 18.6 Å². The van der Waals surface area contributed by atoms with Crippen molar-refractivity contribution in [3.63, 3.8) is 0 Å². The number of methoxy groups -OCH3 is 1. The Bertz CT molecular complexity index is 1880. The van der Waals surface area contributed by atoms with Crippen molar-refractivity contribution in [2.24, 2.45) is 0 Å². The zero-order valence-electron chi connectivity index (χ0n) is 23.1. The highest BCUT2D eigenvalue weighted by molar-refractivity contribution is 6.51. The third-order valence-electron chi connectivity index (χ3n) is 7.28. The maximum atomic E-state index is 13.9. The number of aryl methyl sites for hydroxylation is 1. The maximum absolute atomic E-state index is 13.9. The molecule has 0 bridgehead atoms. The van der Waals surface area contributed by atoms with Crippen molar-refractivity contribution in [1.29, 1.82) is 0 Å². The van der Waals surface area contributed by atoms with E-state index in [4.69, 9.17) is 9.47 Å². The molecule has 216 valence electrons. The summed E-state index contributed by atoms with van der Waals surface area (Å²) in [6.07, 6.45) is 0. The van der Waals surface area contributed by atoms with Gasteiger partial charge in [-0.3, -0.25) is 14.5 Å². The Morgan fingerprint density at radius 2 is 1.74 bits per heavy atom. The van der Waals surface area contributed by atoms with Crippen molar-refractivity contribution >= 4 is 34.4 Å². The van der Waals surface area contributed by atoms with Crippen LogP contribution < -0.4 is 14.4 Å². The molecule has 4 aromatic carbocycles. The van der Waals surface area contributed by atoms with E-state index in [-0.39, 0.29) is 22.6 Å². The largest absolute Gasteiger partial charge is 0.507 e. The number of aromatic nitrogens is 2. The van der Waals surface area contributed by atoms with Gasteiger partial charge >= 0.3 is 5.91 Å². The van der Waals surface area contributed by atoms with E-state index < -0.39 is 35.1 Å². The molecule has 0 spiro atoms. The van der Waals surface area contributed by atoms with Crippen LogP contribution in [0.15, 0.2) is 90.5 Å². The number of halogens is 2. The summed E-state index contributed by atoms with van der Waals surface area (Å²) in [5, 5.41) is 11.5. The molecule has 2 heterocycles. The zero-order valence-corrected chi connectivity index (χ0v) is 23.1. The molecule has 1 atom stereocenters. The number of aliphatic hydroxyl groups is 1. The normalized spacial score (nSPS) is 16.2. The van der Waals surface area contributed by atoms with E-state index in [2.05, 4.69) is 9.97 Å². The molecule has 8 nitrogen and oxygen atoms in total. The minimum absolute atomic E-state index is 0.0573. The van der Waals surface area contributed by atoms with Crippen LogP contribution in [-0.4, -0.2) is 33.9 Å². The second kappa shape index (κ2) is 11.1. The first-order chi connectivity index (χ1) is 20.7. The quantitative estimate of drug-likeness (QED) is 0.132. The lowest BCUT2D eigenvalue weighted by atomic mass is 9.94. The van der Waals surface area contributed by atoms with Crippen LogP contribution in [0.1, 0.15) is 28.3 Å². The van der Waals surface area contributed by atoms with Gasteiger partial charge < -0.3 is 19.6 Å². The molecule has 1 aliphatic rings. The first-order valence-electron chi connectivity index (χ1n) is 13.3. The van der Waals surface area contributed by atoms with Gasteiger partial charge in [0.25, 0.3) is 5.78 Å². The Morgan fingerprint density at radius 3 is 2.49 bits per heavy atom. The van der Waals surface area contributed by atoms with E-state index in [1.165, 1.54) is 7.11 Å². The van der Waals surface area contributed by atoms with Gasteiger partial charge in [0.1, 0.15) is 23.9 Å². The molecule has 1 unspecified atom stereocenters. The molecule has 1 saturated heterocycles. The first-order valence-corrected chi connectivity index (χ1v) is 13.3. The van der Waals surface area contributed by atoms with Crippen LogP contribution >= 0.6 is 0 Å². The first kappa shape index (κ1) is 27.6. The highest BCUT2D eigenvalue weighted by Gasteiger charge is 2.48. The zero-order chi connectivity index (χ0) is 30.2. The molecule has 2 N–H and O–H groups in total. The van der Waals surface area contributed by atoms with E-state index in [9.17, 15) is 23.5 Å². The minimum atomic E-state index is -1.14. The number of Topliss-reactive ketones (excluding diaryl/α,β-unsaturated/α-hetero) is 1. The summed E-state index contributed by atoms with van der Waals surface area (Å²) < 4.78 is 39.2. The molecule has 6 rings (SSSR count). The van der Waals surface area contributed by atoms with Gasteiger partial charge in [0.2, 0.25) is 5.95 Å². The Hall–Kier alpha value is -5.51. The van der Waals surface area contributed by atoms with Crippen molar-refractivity contribution in [3.8, 4) is 11.5 Å². The summed E-state index contributed by atoms with van der Waals surface area (Å²) in [4.78, 5) is 35.2. The van der Waals surface area contributed by atoms with Crippen LogP contribution in [0.4, 0.5) is 14.7 Å². The maximum Gasteiger partial charge on any atom is 0.302 e. The Morgan fingerprint density at radius 1 is 0.977 bits per heavy atom. The predicted molar refractivity (Wildman–Crippen MR) is 156 cm³/mol. The highest BCUT2D eigenvalue weighted by atomic mass is 19.2. The van der Waals surface area contributed by atoms with Crippen molar-refractivity contribution in [2.75, 3.05) is 12.0 Å². The molecule has 0 radical (unpaired) electrons. The Labute approximate surface area is 244 Å². The van der Waals surface area contributed by atoms with Gasteiger partial charge in [-0.2, -0.15) is 0 Å². The number of rotatable bonds is 7. The van der Waals surface area contributed by atoms with Gasteiger partial charge in [-0.15, -0.1) is 0 Å². The number of imidazole rings is 1. The lowest BCUT2D eigenvalue weighted by Gasteiger charge is -2.23. The predicted octanol–water partition coefficient (Wildman–Crippen LogP) is 6.36. The van der Waals surface area contributed by atoms with Gasteiger partial charge in [0.05, 0.1) is 29.8 Å². The average molecular weight is 582 g/mol. The van der Waals surface area contributed by atoms with Gasteiger partial charge in [0, 0.05) is 17.7 Å². The molecular formula is C33H25F2N3O5. The summed E-state index contributed by atoms with van der Waals surface area (Å²) in [7, 11) is 1.47. The summed E-state index contributed by atoms with van der Waals surface area (Å²) in [5.41, 5.74) is 2.43. The fraction of sp³-hybridized carbons (Fsp3) is 0.121. The number of carbonyl (C=O) groups excluding carboxylic acids is 2. The second-order valence-corrected chi connectivity index (χ2v) is 10.0. The number of nitrogens with zero attached hydrogens (tertiary/aromatic N) is 2. The number of H-pyrrole nitrogens is 1. The molecule has 43 heavy (non-hydrogen) atoms. The molecule has 1 amide bonds. The van der Waals surface area contributed by atoms with Crippen LogP contribution in [-0.2, 0) is 16.2 Å². The van der Waals surface area contributed by atoms with E-state index >= 15 is 0 Å². The van der Waals surface area contributed by atoms with Crippen LogP contribution in [0.25, 0.3) is 16.8 Å². The van der Waals surface area contributed by atoms with Gasteiger partial charge in [-0.1, -0.05) is 42.5 Å². The smallest absolute Gasteiger partial charge is 0.302 e. The van der Waals surface area contributed by atoms with Crippen LogP contribution in [0.3, 0.4) is 0 Å². The third-order valence-corrected chi connectivity index (χ3v) is 7.28. The fourth-order valence-corrected chi connectivity index (χ4v) is 5.13. The van der Waals surface area contributed by atoms with Gasteiger partial charge in [-0.05, 0) is 53.9 Å². The van der Waals surface area contributed by atoms with E-state index in [0.29, 0.717) is 34.8 Å². The summed E-state index contributed by atoms with van der Waals surface area (Å²) in [6.45, 7) is 2.15. The number of aromatic amines is 1. The van der Waals surface area contributed by atoms with Crippen LogP contribution in [0.2, 0.25) is 0 Å². The Kier molecular flexibility index (Phi) is 7.11. The van der Waals surface area contributed by atoms with E-state index in [1.807, 2.05) is 37.3 Å². The van der Waals surface area contributed by atoms with Crippen molar-refractivity contribution in [3.05, 3.63) is 124 Å². The number of ether oxygens (including phenoxy) is 2.